The summed E-state index contributed by atoms with van der Waals surface area (Å²) in [7, 11) is 0. The van der Waals surface area contributed by atoms with Crippen molar-refractivity contribution in [2.75, 3.05) is 19.6 Å². The molecule has 2 aliphatic rings. The third kappa shape index (κ3) is 5.59. The van der Waals surface area contributed by atoms with Crippen LogP contribution in [0.3, 0.4) is 0 Å². The molecule has 0 saturated carbocycles. The van der Waals surface area contributed by atoms with Gasteiger partial charge in [0.05, 0.1) is 10.7 Å². The lowest BCUT2D eigenvalue weighted by atomic mass is 10.0. The first-order valence-corrected chi connectivity index (χ1v) is 9.67. The van der Waals surface area contributed by atoms with Crippen molar-refractivity contribution in [3.63, 3.8) is 0 Å². The molecule has 1 aromatic heterocycles. The molecule has 2 heterocycles. The Morgan fingerprint density at radius 3 is 2.57 bits per heavy atom. The van der Waals surface area contributed by atoms with E-state index >= 15 is 0 Å². The second-order valence-electron chi connectivity index (χ2n) is 6.43. The number of nitrogens with zero attached hydrogens (tertiary/aromatic N) is 3. The summed E-state index contributed by atoms with van der Waals surface area (Å²) < 4.78 is 0. The van der Waals surface area contributed by atoms with E-state index in [9.17, 15) is 0 Å². The Morgan fingerprint density at radius 2 is 1.83 bits per heavy atom. The number of rotatable bonds is 4. The number of aromatic nitrogens is 1. The number of hydrogen-bond donors (Lipinski definition) is 1. The van der Waals surface area contributed by atoms with Crippen LogP contribution in [0.4, 0.5) is 0 Å². The summed E-state index contributed by atoms with van der Waals surface area (Å²) in [5, 5.41) is 1.30. The zero-order chi connectivity index (χ0) is 15.2. The number of likely N-dealkylation sites (tertiary alicyclic amines) is 1. The van der Waals surface area contributed by atoms with Gasteiger partial charge in [-0.2, -0.15) is 0 Å². The summed E-state index contributed by atoms with van der Waals surface area (Å²) in [6.45, 7) is 2.98. The topological polar surface area (TPSA) is 54.5 Å². The minimum absolute atomic E-state index is 0. The fraction of sp³-hybridized carbons (Fsp3) is 0.765. The Kier molecular flexibility index (Phi) is 8.09. The molecule has 0 unspecified atom stereocenters. The Hall–Kier alpha value is -0.370. The molecule has 2 N–H and O–H groups in total. The van der Waals surface area contributed by atoms with Crippen molar-refractivity contribution in [1.82, 2.24) is 9.88 Å². The van der Waals surface area contributed by atoms with E-state index in [4.69, 9.17) is 10.7 Å². The van der Waals surface area contributed by atoms with Gasteiger partial charge < -0.3 is 10.6 Å². The predicted octanol–water partition coefficient (Wildman–Crippen LogP) is 3.76. The highest BCUT2D eigenvalue weighted by Crippen LogP contribution is 2.27. The van der Waals surface area contributed by atoms with Crippen LogP contribution in [0.5, 0.6) is 0 Å². The summed E-state index contributed by atoms with van der Waals surface area (Å²) in [4.78, 5) is 13.2. The molecule has 1 saturated heterocycles. The first-order chi connectivity index (χ1) is 10.8. The van der Waals surface area contributed by atoms with E-state index in [1.807, 2.05) is 11.3 Å². The molecular formula is C17H29IN4S. The summed E-state index contributed by atoms with van der Waals surface area (Å²) in [5.74, 6) is 0.750. The van der Waals surface area contributed by atoms with E-state index in [1.165, 1.54) is 66.9 Å². The minimum Gasteiger partial charge on any atom is -0.370 e. The molecule has 0 bridgehead atoms. The predicted molar refractivity (Wildman–Crippen MR) is 109 cm³/mol. The molecule has 0 spiro atoms. The molecule has 1 aliphatic carbocycles. The molecule has 0 amide bonds. The lowest BCUT2D eigenvalue weighted by Crippen LogP contribution is -2.38. The highest BCUT2D eigenvalue weighted by Gasteiger charge is 2.15. The monoisotopic (exact) mass is 448 g/mol. The Morgan fingerprint density at radius 1 is 1.09 bits per heavy atom. The molecule has 1 fully saturated rings. The van der Waals surface area contributed by atoms with E-state index in [-0.39, 0.29) is 24.0 Å². The largest absolute Gasteiger partial charge is 0.370 e. The fourth-order valence-corrected chi connectivity index (χ4v) is 4.53. The van der Waals surface area contributed by atoms with Gasteiger partial charge in [0, 0.05) is 30.9 Å². The van der Waals surface area contributed by atoms with Gasteiger partial charge in [-0.3, -0.25) is 4.99 Å². The number of guanidine groups is 1. The van der Waals surface area contributed by atoms with Crippen molar-refractivity contribution in [3.8, 4) is 0 Å². The van der Waals surface area contributed by atoms with Crippen LogP contribution in [0.25, 0.3) is 0 Å². The van der Waals surface area contributed by atoms with Crippen LogP contribution in [0.2, 0.25) is 0 Å². The molecule has 130 valence electrons. The van der Waals surface area contributed by atoms with Gasteiger partial charge in [-0.1, -0.05) is 12.8 Å². The van der Waals surface area contributed by atoms with Crippen LogP contribution in [0.1, 0.15) is 60.5 Å². The molecule has 3 rings (SSSR count). The average Bonchev–Trinajstić information content (AvgIpc) is 2.75. The molecule has 23 heavy (non-hydrogen) atoms. The fourth-order valence-electron chi connectivity index (χ4n) is 3.34. The number of thiazole rings is 1. The Balaban J connectivity index is 0.00000192. The SMILES string of the molecule is I.NC(=NCCCc1nc2c(s1)CCCC2)N1CCCCCC1. The number of fused-ring (bicyclic) bond motifs is 1. The van der Waals surface area contributed by atoms with E-state index in [0.29, 0.717) is 0 Å². The highest BCUT2D eigenvalue weighted by atomic mass is 127. The number of nitrogens with two attached hydrogens (primary N) is 1. The van der Waals surface area contributed by atoms with Crippen molar-refractivity contribution in [2.45, 2.75) is 64.2 Å². The standard InChI is InChI=1S/C17H28N4S.HI/c18-17(21-12-5-1-2-6-13-21)19-11-7-10-16-20-14-8-3-4-9-15(14)22-16;/h1-13H2,(H2,18,19);1H. The smallest absolute Gasteiger partial charge is 0.191 e. The van der Waals surface area contributed by atoms with Crippen LogP contribution in [0.15, 0.2) is 4.99 Å². The number of hydrogen-bond acceptors (Lipinski definition) is 3. The summed E-state index contributed by atoms with van der Waals surface area (Å²) in [6.07, 6.45) is 12.4. The van der Waals surface area contributed by atoms with Crippen molar-refractivity contribution >= 4 is 41.3 Å². The number of aryl methyl sites for hydroxylation is 3. The lowest BCUT2D eigenvalue weighted by molar-refractivity contribution is 0.428. The van der Waals surface area contributed by atoms with Gasteiger partial charge in [0.2, 0.25) is 0 Å². The third-order valence-electron chi connectivity index (χ3n) is 4.64. The first kappa shape index (κ1) is 19.0. The van der Waals surface area contributed by atoms with Crippen molar-refractivity contribution in [2.24, 2.45) is 10.7 Å². The minimum atomic E-state index is 0. The first-order valence-electron chi connectivity index (χ1n) is 8.85. The maximum atomic E-state index is 6.14. The number of halogens is 1. The average molecular weight is 448 g/mol. The van der Waals surface area contributed by atoms with Gasteiger partial charge >= 0.3 is 0 Å². The van der Waals surface area contributed by atoms with Gasteiger partial charge in [0.15, 0.2) is 5.96 Å². The molecule has 6 heteroatoms. The van der Waals surface area contributed by atoms with E-state index in [0.717, 1.165) is 38.4 Å². The molecule has 0 atom stereocenters. The summed E-state index contributed by atoms with van der Waals surface area (Å²) in [5.41, 5.74) is 7.51. The number of aliphatic imine (C=N–C) groups is 1. The van der Waals surface area contributed by atoms with Gasteiger partial charge in [0.25, 0.3) is 0 Å². The second kappa shape index (κ2) is 9.81. The Bertz CT molecular complexity index is 483. The molecular weight excluding hydrogens is 419 g/mol. The maximum absolute atomic E-state index is 6.14. The van der Waals surface area contributed by atoms with Gasteiger partial charge in [-0.05, 0) is 44.9 Å². The van der Waals surface area contributed by atoms with Gasteiger partial charge in [0.1, 0.15) is 0 Å². The van der Waals surface area contributed by atoms with Crippen molar-refractivity contribution in [3.05, 3.63) is 15.6 Å². The lowest BCUT2D eigenvalue weighted by Gasteiger charge is -2.21. The third-order valence-corrected chi connectivity index (χ3v) is 5.86. The van der Waals surface area contributed by atoms with Crippen LogP contribution in [-0.4, -0.2) is 35.5 Å². The van der Waals surface area contributed by atoms with Gasteiger partial charge in [-0.25, -0.2) is 4.98 Å². The zero-order valence-corrected chi connectivity index (χ0v) is 17.1. The molecule has 4 nitrogen and oxygen atoms in total. The van der Waals surface area contributed by atoms with E-state index < -0.39 is 0 Å². The summed E-state index contributed by atoms with van der Waals surface area (Å²) in [6, 6.07) is 0. The van der Waals surface area contributed by atoms with E-state index in [2.05, 4.69) is 9.89 Å². The molecule has 1 aliphatic heterocycles. The van der Waals surface area contributed by atoms with Crippen molar-refractivity contribution < 1.29 is 0 Å². The highest BCUT2D eigenvalue weighted by molar-refractivity contribution is 14.0. The van der Waals surface area contributed by atoms with Crippen LogP contribution in [0, 0.1) is 0 Å². The maximum Gasteiger partial charge on any atom is 0.191 e. The quantitative estimate of drug-likeness (QED) is 0.330. The summed E-state index contributed by atoms with van der Waals surface area (Å²) >= 11 is 1.92. The van der Waals surface area contributed by atoms with Crippen LogP contribution >= 0.6 is 35.3 Å². The van der Waals surface area contributed by atoms with E-state index in [1.54, 1.807) is 0 Å². The van der Waals surface area contributed by atoms with Crippen LogP contribution in [-0.2, 0) is 19.3 Å². The van der Waals surface area contributed by atoms with Crippen LogP contribution < -0.4 is 5.73 Å². The van der Waals surface area contributed by atoms with Gasteiger partial charge in [-0.15, -0.1) is 35.3 Å². The zero-order valence-electron chi connectivity index (χ0n) is 13.9. The normalized spacial score (nSPS) is 19.0. The molecule has 0 radical (unpaired) electrons. The molecule has 1 aromatic rings. The van der Waals surface area contributed by atoms with Crippen molar-refractivity contribution in [1.29, 1.82) is 0 Å². The second-order valence-corrected chi connectivity index (χ2v) is 7.60. The Labute approximate surface area is 161 Å². The molecule has 0 aromatic carbocycles.